The number of rotatable bonds is 5. The zero-order chi connectivity index (χ0) is 40.7. The van der Waals surface area contributed by atoms with Crippen molar-refractivity contribution < 1.29 is 8.83 Å². The predicted molar refractivity (Wildman–Crippen MR) is 254 cm³/mol. The van der Waals surface area contributed by atoms with Gasteiger partial charge in [0.15, 0.2) is 17.5 Å². The molecule has 5 heteroatoms. The van der Waals surface area contributed by atoms with Crippen LogP contribution in [0, 0.1) is 0 Å². The van der Waals surface area contributed by atoms with E-state index in [0.29, 0.717) is 17.5 Å². The minimum absolute atomic E-state index is 0.588. The molecule has 0 N–H and O–H groups in total. The van der Waals surface area contributed by atoms with Gasteiger partial charge in [0.05, 0.1) is 0 Å². The smallest absolute Gasteiger partial charge is 0.164 e. The molecule has 3 heterocycles. The highest BCUT2D eigenvalue weighted by Gasteiger charge is 2.18. The quantitative estimate of drug-likeness (QED) is 0.162. The number of hydrogen-bond donors (Lipinski definition) is 0. The lowest BCUT2D eigenvalue weighted by atomic mass is 9.92. The summed E-state index contributed by atoms with van der Waals surface area (Å²) in [4.78, 5) is 14.8. The first-order chi connectivity index (χ1) is 30.7. The molecule has 10 aromatic carbocycles. The summed E-state index contributed by atoms with van der Waals surface area (Å²) in [5, 5.41) is 11.8. The minimum atomic E-state index is 0.588. The summed E-state index contributed by atoms with van der Waals surface area (Å²) in [6, 6.07) is 69.9. The second-order valence-electron chi connectivity index (χ2n) is 15.9. The van der Waals surface area contributed by atoms with E-state index in [9.17, 15) is 0 Å². The first-order valence-corrected chi connectivity index (χ1v) is 20.8. The Morgan fingerprint density at radius 2 is 0.661 bits per heavy atom. The summed E-state index contributed by atoms with van der Waals surface area (Å²) < 4.78 is 13.3. The van der Waals surface area contributed by atoms with Gasteiger partial charge >= 0.3 is 0 Å². The maximum atomic E-state index is 6.64. The van der Waals surface area contributed by atoms with Gasteiger partial charge < -0.3 is 8.83 Å². The molecule has 0 aliphatic heterocycles. The Hall–Kier alpha value is -8.41. The van der Waals surface area contributed by atoms with E-state index in [-0.39, 0.29) is 0 Å². The molecule has 0 spiro atoms. The van der Waals surface area contributed by atoms with Gasteiger partial charge in [0.2, 0.25) is 0 Å². The number of furan rings is 2. The summed E-state index contributed by atoms with van der Waals surface area (Å²) in [5.41, 5.74) is 10.4. The third kappa shape index (κ3) is 5.45. The number of nitrogens with zero attached hydrogens (tertiary/aromatic N) is 3. The Morgan fingerprint density at radius 1 is 0.242 bits per heavy atom. The second-order valence-corrected chi connectivity index (χ2v) is 15.9. The van der Waals surface area contributed by atoms with Crippen molar-refractivity contribution in [3.63, 3.8) is 0 Å². The standard InChI is InChI=1S/C57H33N3O2/c1-3-12-34(13-4-1)55-58-56(35-14-5-2-6-15-35)60-57(59-55)39-25-28-47-46-27-24-38(32-51(46)62-52(47)33-39)40-20-11-21-50-54(40)48-29-23-37(31-53(48)61-50)36-22-26-45-43-18-8-7-16-41(43)42-17-9-10-19-44(42)49(45)30-36/h1-33H. The van der Waals surface area contributed by atoms with Crippen LogP contribution in [0.1, 0.15) is 0 Å². The molecular formula is C57H33N3O2. The molecule has 0 aliphatic rings. The SMILES string of the molecule is c1ccc(-c2nc(-c3ccccc3)nc(-c3ccc4c(c3)oc3cc(-c5cccc6oc7cc(-c8ccc9c%10ccccc%10c%10ccccc%10c9c8)ccc7c56)ccc34)n2)cc1. The molecule has 13 aromatic rings. The first kappa shape index (κ1) is 34.5. The van der Waals surface area contributed by atoms with E-state index in [2.05, 4.69) is 133 Å². The van der Waals surface area contributed by atoms with Gasteiger partial charge in [0.25, 0.3) is 0 Å². The van der Waals surface area contributed by atoms with Gasteiger partial charge in [-0.2, -0.15) is 0 Å². The van der Waals surface area contributed by atoms with Crippen LogP contribution in [0.15, 0.2) is 209 Å². The monoisotopic (exact) mass is 791 g/mol. The van der Waals surface area contributed by atoms with Crippen molar-refractivity contribution in [2.24, 2.45) is 0 Å². The zero-order valence-electron chi connectivity index (χ0n) is 33.2. The molecule has 288 valence electrons. The lowest BCUT2D eigenvalue weighted by Crippen LogP contribution is -2.00. The highest BCUT2D eigenvalue weighted by Crippen LogP contribution is 2.42. The summed E-state index contributed by atoms with van der Waals surface area (Å²) >= 11 is 0. The van der Waals surface area contributed by atoms with E-state index < -0.39 is 0 Å². The Bertz CT molecular complexity index is 3830. The molecule has 0 saturated carbocycles. The fourth-order valence-corrected chi connectivity index (χ4v) is 9.35. The van der Waals surface area contributed by atoms with Gasteiger partial charge in [-0.05, 0) is 103 Å². The Labute approximate surface area is 355 Å². The van der Waals surface area contributed by atoms with Crippen molar-refractivity contribution in [2.45, 2.75) is 0 Å². The zero-order valence-corrected chi connectivity index (χ0v) is 33.2. The van der Waals surface area contributed by atoms with Crippen LogP contribution in [0.25, 0.3) is 133 Å². The normalized spacial score (nSPS) is 11.9. The van der Waals surface area contributed by atoms with Gasteiger partial charge in [-0.1, -0.05) is 152 Å². The van der Waals surface area contributed by atoms with Crippen LogP contribution in [-0.2, 0) is 0 Å². The van der Waals surface area contributed by atoms with Gasteiger partial charge in [-0.15, -0.1) is 0 Å². The number of fused-ring (bicyclic) bond motifs is 12. The van der Waals surface area contributed by atoms with Crippen molar-refractivity contribution in [1.29, 1.82) is 0 Å². The first-order valence-electron chi connectivity index (χ1n) is 20.8. The second kappa shape index (κ2) is 13.6. The molecule has 0 bridgehead atoms. The van der Waals surface area contributed by atoms with Crippen LogP contribution < -0.4 is 0 Å². The van der Waals surface area contributed by atoms with E-state index in [0.717, 1.165) is 82.8 Å². The van der Waals surface area contributed by atoms with Crippen LogP contribution in [0.4, 0.5) is 0 Å². The lowest BCUT2D eigenvalue weighted by molar-refractivity contribution is 0.668. The van der Waals surface area contributed by atoms with E-state index in [1.807, 2.05) is 66.7 Å². The van der Waals surface area contributed by atoms with Crippen molar-refractivity contribution in [3.8, 4) is 56.4 Å². The number of benzene rings is 10. The molecule has 5 nitrogen and oxygen atoms in total. The molecule has 0 radical (unpaired) electrons. The topological polar surface area (TPSA) is 65.0 Å². The Balaban J connectivity index is 0.889. The highest BCUT2D eigenvalue weighted by atomic mass is 16.3. The predicted octanol–water partition coefficient (Wildman–Crippen LogP) is 15.5. The molecule has 0 fully saturated rings. The van der Waals surface area contributed by atoms with Gasteiger partial charge in [0, 0.05) is 38.2 Å². The molecule has 0 amide bonds. The largest absolute Gasteiger partial charge is 0.456 e. The lowest BCUT2D eigenvalue weighted by Gasteiger charge is -2.12. The van der Waals surface area contributed by atoms with E-state index in [1.54, 1.807) is 0 Å². The van der Waals surface area contributed by atoms with Crippen molar-refractivity contribution >= 4 is 76.2 Å². The molecule has 13 rings (SSSR count). The average Bonchev–Trinajstić information content (AvgIpc) is 3.91. The highest BCUT2D eigenvalue weighted by molar-refractivity contribution is 6.26. The fourth-order valence-electron chi connectivity index (χ4n) is 9.35. The van der Waals surface area contributed by atoms with Crippen molar-refractivity contribution in [2.75, 3.05) is 0 Å². The number of hydrogen-bond acceptors (Lipinski definition) is 5. The van der Waals surface area contributed by atoms with Crippen molar-refractivity contribution in [1.82, 2.24) is 15.0 Å². The maximum absolute atomic E-state index is 6.64. The van der Waals surface area contributed by atoms with E-state index in [1.165, 1.54) is 32.3 Å². The van der Waals surface area contributed by atoms with Gasteiger partial charge in [-0.25, -0.2) is 15.0 Å². The molecule has 0 saturated heterocycles. The van der Waals surface area contributed by atoms with Gasteiger partial charge in [0.1, 0.15) is 22.3 Å². The fraction of sp³-hybridized carbons (Fsp3) is 0. The van der Waals surface area contributed by atoms with Crippen LogP contribution in [0.3, 0.4) is 0 Å². The summed E-state index contributed by atoms with van der Waals surface area (Å²) in [7, 11) is 0. The van der Waals surface area contributed by atoms with Crippen LogP contribution in [0.2, 0.25) is 0 Å². The summed E-state index contributed by atoms with van der Waals surface area (Å²) in [6.45, 7) is 0. The molecule has 0 unspecified atom stereocenters. The Kier molecular flexibility index (Phi) is 7.54. The third-order valence-electron chi connectivity index (χ3n) is 12.3. The van der Waals surface area contributed by atoms with E-state index >= 15 is 0 Å². The van der Waals surface area contributed by atoms with Crippen molar-refractivity contribution in [3.05, 3.63) is 200 Å². The molecular weight excluding hydrogens is 759 g/mol. The molecule has 0 atom stereocenters. The summed E-state index contributed by atoms with van der Waals surface area (Å²) in [6.07, 6.45) is 0. The molecule has 0 aliphatic carbocycles. The van der Waals surface area contributed by atoms with E-state index in [4.69, 9.17) is 23.8 Å². The van der Waals surface area contributed by atoms with Crippen LogP contribution in [0.5, 0.6) is 0 Å². The van der Waals surface area contributed by atoms with Crippen LogP contribution >= 0.6 is 0 Å². The Morgan fingerprint density at radius 3 is 1.29 bits per heavy atom. The third-order valence-corrected chi connectivity index (χ3v) is 12.3. The van der Waals surface area contributed by atoms with Crippen LogP contribution in [-0.4, -0.2) is 15.0 Å². The minimum Gasteiger partial charge on any atom is -0.456 e. The van der Waals surface area contributed by atoms with Gasteiger partial charge in [-0.3, -0.25) is 0 Å². The maximum Gasteiger partial charge on any atom is 0.164 e. The number of aromatic nitrogens is 3. The molecule has 62 heavy (non-hydrogen) atoms. The average molecular weight is 792 g/mol. The summed E-state index contributed by atoms with van der Waals surface area (Å²) in [5.74, 6) is 1.83. The molecule has 3 aromatic heterocycles.